The maximum atomic E-state index is 12.6. The topological polar surface area (TPSA) is 109 Å². The Balaban J connectivity index is 2.09. The number of likely N-dealkylation sites (N-methyl/N-ethyl adjacent to an activating group) is 1. The van der Waals surface area contributed by atoms with E-state index in [4.69, 9.17) is 14.7 Å². The Kier molecular flexibility index (Phi) is 7.59. The quantitative estimate of drug-likeness (QED) is 0.672. The molecule has 2 aromatic carbocycles. The van der Waals surface area contributed by atoms with Crippen LogP contribution in [0, 0.1) is 11.3 Å². The number of benzene rings is 2. The largest absolute Gasteiger partial charge is 0.490 e. The average molecular weight is 417 g/mol. The predicted octanol–water partition coefficient (Wildman–Crippen LogP) is 2.61. The highest BCUT2D eigenvalue weighted by molar-refractivity contribution is 7.89. The molecule has 0 fully saturated rings. The second kappa shape index (κ2) is 9.91. The number of carbonyl (C=O) groups excluding carboxylic acids is 1. The Bertz CT molecular complexity index is 998. The van der Waals surface area contributed by atoms with Crippen molar-refractivity contribution in [3.63, 3.8) is 0 Å². The van der Waals surface area contributed by atoms with Crippen LogP contribution in [0.25, 0.3) is 0 Å². The molecule has 1 amide bonds. The van der Waals surface area contributed by atoms with E-state index >= 15 is 0 Å². The van der Waals surface area contributed by atoms with E-state index in [0.29, 0.717) is 36.0 Å². The Hall–Kier alpha value is -3.09. The standard InChI is InChI=1S/C20H23N3O5S/c1-4-27-18-11-8-16(12-19(18)28-5-2)22-20(24)14-23(3)29(25,26)17-9-6-15(13-21)7-10-17/h6-12H,4-5,14H2,1-3H3,(H,22,24). The zero-order valence-corrected chi connectivity index (χ0v) is 17.3. The number of amides is 1. The van der Waals surface area contributed by atoms with Gasteiger partial charge in [-0.25, -0.2) is 8.42 Å². The highest BCUT2D eigenvalue weighted by atomic mass is 32.2. The summed E-state index contributed by atoms with van der Waals surface area (Å²) >= 11 is 0. The van der Waals surface area contributed by atoms with Gasteiger partial charge in [-0.2, -0.15) is 9.57 Å². The van der Waals surface area contributed by atoms with E-state index in [9.17, 15) is 13.2 Å². The Morgan fingerprint density at radius 1 is 1.07 bits per heavy atom. The maximum Gasteiger partial charge on any atom is 0.243 e. The van der Waals surface area contributed by atoms with E-state index in [1.807, 2.05) is 19.9 Å². The fraction of sp³-hybridized carbons (Fsp3) is 0.300. The molecule has 9 heteroatoms. The molecule has 0 unspecified atom stereocenters. The molecule has 0 saturated heterocycles. The molecule has 0 saturated carbocycles. The van der Waals surface area contributed by atoms with Crippen LogP contribution in [-0.4, -0.2) is 45.4 Å². The lowest BCUT2D eigenvalue weighted by Gasteiger charge is -2.17. The van der Waals surface area contributed by atoms with Gasteiger partial charge >= 0.3 is 0 Å². The van der Waals surface area contributed by atoms with Crippen LogP contribution in [-0.2, 0) is 14.8 Å². The van der Waals surface area contributed by atoms with Crippen molar-refractivity contribution in [3.8, 4) is 17.6 Å². The van der Waals surface area contributed by atoms with E-state index in [-0.39, 0.29) is 11.4 Å². The normalized spacial score (nSPS) is 11.0. The SMILES string of the molecule is CCOc1ccc(NC(=O)CN(C)S(=O)(=O)c2ccc(C#N)cc2)cc1OCC. The van der Waals surface area contributed by atoms with Crippen LogP contribution >= 0.6 is 0 Å². The second-order valence-corrected chi connectivity index (χ2v) is 8.02. The van der Waals surface area contributed by atoms with Gasteiger partial charge in [0.05, 0.1) is 36.3 Å². The Morgan fingerprint density at radius 3 is 2.28 bits per heavy atom. The predicted molar refractivity (Wildman–Crippen MR) is 108 cm³/mol. The van der Waals surface area contributed by atoms with Crippen molar-refractivity contribution in [2.75, 3.05) is 32.1 Å². The summed E-state index contributed by atoms with van der Waals surface area (Å²) in [6, 6.07) is 12.4. The lowest BCUT2D eigenvalue weighted by Crippen LogP contribution is -2.34. The van der Waals surface area contributed by atoms with Crippen LogP contribution < -0.4 is 14.8 Å². The number of hydrogen-bond acceptors (Lipinski definition) is 6. The summed E-state index contributed by atoms with van der Waals surface area (Å²) in [5.41, 5.74) is 0.816. The third kappa shape index (κ3) is 5.70. The van der Waals surface area contributed by atoms with Crippen molar-refractivity contribution in [2.24, 2.45) is 0 Å². The average Bonchev–Trinajstić information content (AvgIpc) is 2.70. The van der Waals surface area contributed by atoms with Crippen LogP contribution in [0.15, 0.2) is 47.4 Å². The van der Waals surface area contributed by atoms with Gasteiger partial charge in [0.2, 0.25) is 15.9 Å². The van der Waals surface area contributed by atoms with Crippen LogP contribution in [0.4, 0.5) is 5.69 Å². The van der Waals surface area contributed by atoms with Gasteiger partial charge in [-0.1, -0.05) is 0 Å². The van der Waals surface area contributed by atoms with E-state index in [2.05, 4.69) is 5.32 Å². The summed E-state index contributed by atoms with van der Waals surface area (Å²) in [6.45, 7) is 4.23. The smallest absolute Gasteiger partial charge is 0.243 e. The van der Waals surface area contributed by atoms with E-state index in [1.54, 1.807) is 18.2 Å². The van der Waals surface area contributed by atoms with Gasteiger partial charge in [-0.3, -0.25) is 4.79 Å². The number of ether oxygens (including phenoxy) is 2. The zero-order chi connectivity index (χ0) is 21.4. The zero-order valence-electron chi connectivity index (χ0n) is 16.5. The molecule has 0 bridgehead atoms. The number of nitrogens with zero attached hydrogens (tertiary/aromatic N) is 2. The Morgan fingerprint density at radius 2 is 1.69 bits per heavy atom. The first-order valence-corrected chi connectivity index (χ1v) is 10.4. The van der Waals surface area contributed by atoms with Crippen molar-refractivity contribution < 1.29 is 22.7 Å². The number of hydrogen-bond donors (Lipinski definition) is 1. The third-order valence-electron chi connectivity index (χ3n) is 3.89. The lowest BCUT2D eigenvalue weighted by molar-refractivity contribution is -0.116. The molecule has 8 nitrogen and oxygen atoms in total. The first-order valence-electron chi connectivity index (χ1n) is 8.97. The molecule has 0 aliphatic rings. The molecule has 0 aliphatic heterocycles. The van der Waals surface area contributed by atoms with Crippen LogP contribution in [0.3, 0.4) is 0 Å². The van der Waals surface area contributed by atoms with Crippen LogP contribution in [0.2, 0.25) is 0 Å². The molecular weight excluding hydrogens is 394 g/mol. The van der Waals surface area contributed by atoms with Crippen molar-refractivity contribution in [2.45, 2.75) is 18.7 Å². The molecule has 1 N–H and O–H groups in total. The number of nitriles is 1. The number of rotatable bonds is 9. The highest BCUT2D eigenvalue weighted by Gasteiger charge is 2.23. The first-order chi connectivity index (χ1) is 13.8. The van der Waals surface area contributed by atoms with Crippen molar-refractivity contribution in [3.05, 3.63) is 48.0 Å². The molecule has 0 radical (unpaired) electrons. The molecule has 29 heavy (non-hydrogen) atoms. The summed E-state index contributed by atoms with van der Waals surface area (Å²) in [5, 5.41) is 11.5. The summed E-state index contributed by atoms with van der Waals surface area (Å²) in [6.07, 6.45) is 0. The van der Waals surface area contributed by atoms with Crippen LogP contribution in [0.5, 0.6) is 11.5 Å². The lowest BCUT2D eigenvalue weighted by atomic mass is 10.2. The van der Waals surface area contributed by atoms with Crippen molar-refractivity contribution >= 4 is 21.6 Å². The second-order valence-electron chi connectivity index (χ2n) is 5.97. The fourth-order valence-corrected chi connectivity index (χ4v) is 3.63. The van der Waals surface area contributed by atoms with Gasteiger partial charge in [0.1, 0.15) is 0 Å². The summed E-state index contributed by atoms with van der Waals surface area (Å²) in [5.74, 6) is 0.551. The minimum atomic E-state index is -3.86. The van der Waals surface area contributed by atoms with E-state index < -0.39 is 15.9 Å². The fourth-order valence-electron chi connectivity index (χ4n) is 2.50. The molecular formula is C20H23N3O5S. The van der Waals surface area contributed by atoms with Crippen molar-refractivity contribution in [1.82, 2.24) is 4.31 Å². The Labute approximate surface area is 170 Å². The van der Waals surface area contributed by atoms with Gasteiger partial charge in [0, 0.05) is 18.8 Å². The number of carbonyl (C=O) groups is 1. The maximum absolute atomic E-state index is 12.6. The summed E-state index contributed by atoms with van der Waals surface area (Å²) < 4.78 is 37.1. The third-order valence-corrected chi connectivity index (χ3v) is 5.70. The first kappa shape index (κ1) is 22.2. The highest BCUT2D eigenvalue weighted by Crippen LogP contribution is 2.30. The molecule has 0 atom stereocenters. The van der Waals surface area contributed by atoms with Gasteiger partial charge in [-0.05, 0) is 50.2 Å². The minimum absolute atomic E-state index is 0.00602. The number of anilines is 1. The number of sulfonamides is 1. The molecule has 2 rings (SSSR count). The van der Waals surface area contributed by atoms with Crippen LogP contribution in [0.1, 0.15) is 19.4 Å². The van der Waals surface area contributed by atoms with E-state index in [1.165, 1.54) is 31.3 Å². The molecule has 0 spiro atoms. The van der Waals surface area contributed by atoms with Crippen molar-refractivity contribution in [1.29, 1.82) is 5.26 Å². The molecule has 0 aliphatic carbocycles. The van der Waals surface area contributed by atoms with Gasteiger partial charge in [0.15, 0.2) is 11.5 Å². The summed E-state index contributed by atoms with van der Waals surface area (Å²) in [7, 11) is -2.55. The summed E-state index contributed by atoms with van der Waals surface area (Å²) in [4.78, 5) is 12.4. The number of nitrogens with one attached hydrogen (secondary N) is 1. The minimum Gasteiger partial charge on any atom is -0.490 e. The molecule has 2 aromatic rings. The molecule has 0 aromatic heterocycles. The van der Waals surface area contributed by atoms with E-state index in [0.717, 1.165) is 4.31 Å². The molecule has 0 heterocycles. The van der Waals surface area contributed by atoms with Gasteiger partial charge in [-0.15, -0.1) is 0 Å². The molecule has 154 valence electrons. The van der Waals surface area contributed by atoms with Gasteiger partial charge in [0.25, 0.3) is 0 Å². The van der Waals surface area contributed by atoms with Gasteiger partial charge < -0.3 is 14.8 Å². The monoisotopic (exact) mass is 417 g/mol.